The number of benzene rings is 1. The Bertz CT molecular complexity index is 545. The molecule has 0 fully saturated rings. The molecule has 0 saturated carbocycles. The number of halogens is 1. The first-order valence-electron chi connectivity index (χ1n) is 5.07. The Labute approximate surface area is 110 Å². The molecule has 8 heteroatoms. The third kappa shape index (κ3) is 3.86. The molecule has 0 atom stereocenters. The number of nitrogens with one attached hydrogen (secondary N) is 1. The van der Waals surface area contributed by atoms with Gasteiger partial charge in [0, 0.05) is 5.02 Å². The number of nitrogens with two attached hydrogens (primary N) is 1. The maximum absolute atomic E-state index is 11.9. The van der Waals surface area contributed by atoms with Crippen molar-refractivity contribution in [1.82, 2.24) is 4.72 Å². The predicted molar refractivity (Wildman–Crippen MR) is 67.7 cm³/mol. The lowest BCUT2D eigenvalue weighted by Crippen LogP contribution is -2.31. The number of ether oxygens (including phenoxy) is 1. The van der Waals surface area contributed by atoms with Gasteiger partial charge in [0.15, 0.2) is 0 Å². The van der Waals surface area contributed by atoms with Gasteiger partial charge in [0.2, 0.25) is 10.0 Å². The van der Waals surface area contributed by atoms with Crippen molar-refractivity contribution in [2.45, 2.75) is 11.8 Å². The van der Waals surface area contributed by atoms with Crippen LogP contribution >= 0.6 is 11.6 Å². The topological polar surface area (TPSA) is 98.5 Å². The molecule has 0 amide bonds. The first kappa shape index (κ1) is 14.7. The van der Waals surface area contributed by atoms with E-state index in [0.717, 1.165) is 0 Å². The highest BCUT2D eigenvalue weighted by Crippen LogP contribution is 2.22. The minimum Gasteiger partial charge on any atom is -0.465 e. The number of sulfonamides is 1. The molecule has 0 radical (unpaired) electrons. The van der Waals surface area contributed by atoms with Crippen molar-refractivity contribution in [3.8, 4) is 0 Å². The van der Waals surface area contributed by atoms with Gasteiger partial charge in [0.1, 0.15) is 11.4 Å². The van der Waals surface area contributed by atoms with Crippen molar-refractivity contribution >= 4 is 33.3 Å². The SMILES string of the molecule is CCOC(=O)CNS(=O)(=O)c1cc(Cl)ccc1N. The number of nitrogen functional groups attached to an aromatic ring is 1. The fourth-order valence-corrected chi connectivity index (χ4v) is 2.55. The number of carbonyl (C=O) groups excluding carboxylic acids is 1. The van der Waals surface area contributed by atoms with Crippen LogP contribution in [0.15, 0.2) is 23.1 Å². The van der Waals surface area contributed by atoms with E-state index in [1.165, 1.54) is 18.2 Å². The zero-order valence-electron chi connectivity index (χ0n) is 9.64. The van der Waals surface area contributed by atoms with Gasteiger partial charge in [0.25, 0.3) is 0 Å². The number of hydrogen-bond acceptors (Lipinski definition) is 5. The quantitative estimate of drug-likeness (QED) is 0.617. The molecule has 0 aliphatic carbocycles. The lowest BCUT2D eigenvalue weighted by atomic mass is 10.3. The maximum Gasteiger partial charge on any atom is 0.321 e. The molecule has 0 bridgehead atoms. The monoisotopic (exact) mass is 292 g/mol. The highest BCUT2D eigenvalue weighted by atomic mass is 35.5. The van der Waals surface area contributed by atoms with Gasteiger partial charge < -0.3 is 10.5 Å². The third-order valence-corrected chi connectivity index (χ3v) is 3.67. The van der Waals surface area contributed by atoms with Gasteiger partial charge in [-0.2, -0.15) is 4.72 Å². The van der Waals surface area contributed by atoms with Gasteiger partial charge in [-0.05, 0) is 25.1 Å². The molecule has 18 heavy (non-hydrogen) atoms. The van der Waals surface area contributed by atoms with Crippen LogP contribution in [0, 0.1) is 0 Å². The number of esters is 1. The minimum absolute atomic E-state index is 0.0516. The Morgan fingerprint density at radius 3 is 2.78 bits per heavy atom. The van der Waals surface area contributed by atoms with Crippen LogP contribution in [0.4, 0.5) is 5.69 Å². The van der Waals surface area contributed by atoms with Crippen molar-refractivity contribution in [1.29, 1.82) is 0 Å². The molecule has 0 saturated heterocycles. The van der Waals surface area contributed by atoms with E-state index >= 15 is 0 Å². The van der Waals surface area contributed by atoms with Gasteiger partial charge >= 0.3 is 5.97 Å². The molecule has 0 spiro atoms. The zero-order valence-corrected chi connectivity index (χ0v) is 11.2. The molecule has 0 aromatic heterocycles. The van der Waals surface area contributed by atoms with Crippen molar-refractivity contribution in [3.05, 3.63) is 23.2 Å². The molecule has 1 rings (SSSR count). The van der Waals surface area contributed by atoms with Gasteiger partial charge in [0.05, 0.1) is 12.3 Å². The fraction of sp³-hybridized carbons (Fsp3) is 0.300. The molecule has 0 aliphatic rings. The zero-order chi connectivity index (χ0) is 13.8. The van der Waals surface area contributed by atoms with Crippen LogP contribution in [0.1, 0.15) is 6.92 Å². The summed E-state index contributed by atoms with van der Waals surface area (Å²) >= 11 is 5.70. The first-order chi connectivity index (χ1) is 8.36. The number of hydrogen-bond donors (Lipinski definition) is 2. The molecule has 3 N–H and O–H groups in total. The largest absolute Gasteiger partial charge is 0.465 e. The Hall–Kier alpha value is -1.31. The maximum atomic E-state index is 11.9. The van der Waals surface area contributed by atoms with Crippen LogP contribution in [-0.2, 0) is 19.6 Å². The fourth-order valence-electron chi connectivity index (χ4n) is 1.18. The molecule has 100 valence electrons. The van der Waals surface area contributed by atoms with E-state index in [0.29, 0.717) is 0 Å². The van der Waals surface area contributed by atoms with Gasteiger partial charge in [-0.3, -0.25) is 4.79 Å². The molecule has 0 heterocycles. The summed E-state index contributed by atoms with van der Waals surface area (Å²) < 4.78 is 30.4. The van der Waals surface area contributed by atoms with E-state index < -0.39 is 22.5 Å². The van der Waals surface area contributed by atoms with Gasteiger partial charge in [-0.25, -0.2) is 8.42 Å². The standard InChI is InChI=1S/C10H13ClN2O4S/c1-2-17-10(14)6-13-18(15,16)9-5-7(11)3-4-8(9)12/h3-5,13H,2,6,12H2,1H3. The molecule has 6 nitrogen and oxygen atoms in total. The van der Waals surface area contributed by atoms with Crippen molar-refractivity contribution in [2.24, 2.45) is 0 Å². The van der Waals surface area contributed by atoms with Crippen LogP contribution in [-0.4, -0.2) is 27.5 Å². The molecule has 0 unspecified atom stereocenters. The van der Waals surface area contributed by atoms with Crippen molar-refractivity contribution < 1.29 is 17.9 Å². The predicted octanol–water partition coefficient (Wildman–Crippen LogP) is 0.764. The Morgan fingerprint density at radius 2 is 2.17 bits per heavy atom. The highest BCUT2D eigenvalue weighted by molar-refractivity contribution is 7.89. The average molecular weight is 293 g/mol. The smallest absolute Gasteiger partial charge is 0.321 e. The summed E-state index contributed by atoms with van der Waals surface area (Å²) in [5.41, 5.74) is 5.60. The second-order valence-corrected chi connectivity index (χ2v) is 5.48. The number of carbonyl (C=O) groups is 1. The molecule has 1 aromatic carbocycles. The average Bonchev–Trinajstić information content (AvgIpc) is 2.30. The number of rotatable bonds is 5. The Morgan fingerprint density at radius 1 is 1.50 bits per heavy atom. The summed E-state index contributed by atoms with van der Waals surface area (Å²) in [6.07, 6.45) is 0. The van der Waals surface area contributed by atoms with Crippen molar-refractivity contribution in [3.63, 3.8) is 0 Å². The summed E-state index contributed by atoms with van der Waals surface area (Å²) in [5.74, 6) is -0.665. The van der Waals surface area contributed by atoms with Crippen molar-refractivity contribution in [2.75, 3.05) is 18.9 Å². The van der Waals surface area contributed by atoms with Gasteiger partial charge in [-0.15, -0.1) is 0 Å². The Kier molecular flexibility index (Phi) is 4.94. The highest BCUT2D eigenvalue weighted by Gasteiger charge is 2.19. The van der Waals surface area contributed by atoms with E-state index in [1.54, 1.807) is 6.92 Å². The molecule has 1 aromatic rings. The van der Waals surface area contributed by atoms with Gasteiger partial charge in [-0.1, -0.05) is 11.6 Å². The minimum atomic E-state index is -3.89. The number of anilines is 1. The lowest BCUT2D eigenvalue weighted by Gasteiger charge is -2.09. The molecule has 0 aliphatic heterocycles. The lowest BCUT2D eigenvalue weighted by molar-refractivity contribution is -0.141. The van der Waals surface area contributed by atoms with E-state index in [-0.39, 0.29) is 22.2 Å². The third-order valence-electron chi connectivity index (χ3n) is 1.98. The summed E-state index contributed by atoms with van der Waals surface area (Å²) in [6.45, 7) is 1.35. The van der Waals surface area contributed by atoms with E-state index in [4.69, 9.17) is 17.3 Å². The summed E-state index contributed by atoms with van der Waals surface area (Å²) in [7, 11) is -3.89. The second kappa shape index (κ2) is 6.03. The van der Waals surface area contributed by atoms with E-state index in [1.807, 2.05) is 0 Å². The van der Waals surface area contributed by atoms with E-state index in [2.05, 4.69) is 9.46 Å². The Balaban J connectivity index is 2.87. The first-order valence-corrected chi connectivity index (χ1v) is 6.93. The summed E-state index contributed by atoms with van der Waals surface area (Å²) in [4.78, 5) is 10.9. The normalized spacial score (nSPS) is 11.2. The second-order valence-electron chi connectivity index (χ2n) is 3.31. The van der Waals surface area contributed by atoms with E-state index in [9.17, 15) is 13.2 Å². The molecular weight excluding hydrogens is 280 g/mol. The van der Waals surface area contributed by atoms with Crippen LogP contribution in [0.25, 0.3) is 0 Å². The van der Waals surface area contributed by atoms with Crippen LogP contribution < -0.4 is 10.5 Å². The molecular formula is C10H13ClN2O4S. The summed E-state index contributed by atoms with van der Waals surface area (Å²) in [5, 5.41) is 0.237. The van der Waals surface area contributed by atoms with Crippen LogP contribution in [0.5, 0.6) is 0 Å². The van der Waals surface area contributed by atoms with Crippen LogP contribution in [0.2, 0.25) is 5.02 Å². The van der Waals surface area contributed by atoms with Crippen LogP contribution in [0.3, 0.4) is 0 Å². The summed E-state index contributed by atoms with van der Waals surface area (Å²) in [6, 6.07) is 4.06.